The van der Waals surface area contributed by atoms with Crippen LogP contribution in [0.3, 0.4) is 0 Å². The highest BCUT2D eigenvalue weighted by Gasteiger charge is 2.19. The molecule has 3 aromatic heterocycles. The Morgan fingerprint density at radius 1 is 1.18 bits per heavy atom. The van der Waals surface area contributed by atoms with Gasteiger partial charge in [-0.05, 0) is 38.8 Å². The van der Waals surface area contributed by atoms with E-state index < -0.39 is 0 Å². The number of aromatic nitrogens is 5. The van der Waals surface area contributed by atoms with Gasteiger partial charge in [-0.2, -0.15) is 4.98 Å². The lowest BCUT2D eigenvalue weighted by Crippen LogP contribution is -2.12. The van der Waals surface area contributed by atoms with Crippen LogP contribution in [0.5, 0.6) is 0 Å². The van der Waals surface area contributed by atoms with Gasteiger partial charge in [0.2, 0.25) is 5.89 Å². The average molecular weight is 298 g/mol. The molecule has 0 aliphatic heterocycles. The number of hydrogen-bond donors (Lipinski definition) is 1. The van der Waals surface area contributed by atoms with E-state index in [9.17, 15) is 0 Å². The highest BCUT2D eigenvalue weighted by atomic mass is 16.5. The van der Waals surface area contributed by atoms with Crippen LogP contribution in [0.25, 0.3) is 11.0 Å². The molecule has 0 spiro atoms. The Kier molecular flexibility index (Phi) is 3.70. The van der Waals surface area contributed by atoms with E-state index in [1.807, 2.05) is 19.9 Å². The molecule has 0 saturated carbocycles. The summed E-state index contributed by atoms with van der Waals surface area (Å²) >= 11 is 0. The molecule has 0 aliphatic carbocycles. The molecule has 0 radical (unpaired) electrons. The van der Waals surface area contributed by atoms with Gasteiger partial charge in [0.25, 0.3) is 0 Å². The van der Waals surface area contributed by atoms with Crippen molar-refractivity contribution in [2.24, 2.45) is 0 Å². The minimum Gasteiger partial charge on any atom is -0.358 e. The van der Waals surface area contributed by atoms with Gasteiger partial charge in [0, 0.05) is 5.69 Å². The van der Waals surface area contributed by atoms with Crippen LogP contribution in [0, 0.1) is 20.8 Å². The van der Waals surface area contributed by atoms with Crippen molar-refractivity contribution >= 4 is 16.9 Å². The molecule has 0 amide bonds. The number of pyridine rings is 1. The third-order valence-corrected chi connectivity index (χ3v) is 3.49. The van der Waals surface area contributed by atoms with Gasteiger partial charge in [0.1, 0.15) is 18.2 Å². The fraction of sp³-hybridized carbons (Fsp3) is 0.400. The molecule has 0 fully saturated rings. The highest BCUT2D eigenvalue weighted by Crippen LogP contribution is 2.27. The number of anilines is 1. The molecule has 3 heterocycles. The first-order valence-corrected chi connectivity index (χ1v) is 7.24. The second-order valence-electron chi connectivity index (χ2n) is 5.29. The zero-order chi connectivity index (χ0) is 15.7. The van der Waals surface area contributed by atoms with Crippen molar-refractivity contribution in [1.82, 2.24) is 25.1 Å². The van der Waals surface area contributed by atoms with E-state index in [4.69, 9.17) is 4.52 Å². The average Bonchev–Trinajstić information content (AvgIpc) is 2.90. The summed E-state index contributed by atoms with van der Waals surface area (Å²) in [6.45, 7) is 7.84. The van der Waals surface area contributed by atoms with Crippen molar-refractivity contribution in [1.29, 1.82) is 0 Å². The highest BCUT2D eigenvalue weighted by molar-refractivity contribution is 5.89. The predicted molar refractivity (Wildman–Crippen MR) is 82.5 cm³/mol. The van der Waals surface area contributed by atoms with Gasteiger partial charge in [-0.3, -0.25) is 0 Å². The minimum atomic E-state index is -0.0972. The first-order chi connectivity index (χ1) is 10.6. The Balaban J connectivity index is 2.03. The third kappa shape index (κ3) is 2.61. The number of hydrogen-bond acceptors (Lipinski definition) is 7. The van der Waals surface area contributed by atoms with E-state index in [1.54, 1.807) is 6.92 Å². The molecule has 114 valence electrons. The molecular formula is C15H18N6O. The molecular weight excluding hydrogens is 280 g/mol. The van der Waals surface area contributed by atoms with Crippen molar-refractivity contribution in [2.45, 2.75) is 40.2 Å². The van der Waals surface area contributed by atoms with Crippen LogP contribution in [0.15, 0.2) is 16.9 Å². The van der Waals surface area contributed by atoms with Crippen molar-refractivity contribution in [3.63, 3.8) is 0 Å². The summed E-state index contributed by atoms with van der Waals surface area (Å²) < 4.78 is 5.27. The van der Waals surface area contributed by atoms with E-state index in [1.165, 1.54) is 6.33 Å². The topological polar surface area (TPSA) is 89.6 Å². The van der Waals surface area contributed by atoms with Gasteiger partial charge in [0.05, 0.1) is 5.39 Å². The van der Waals surface area contributed by atoms with Gasteiger partial charge in [-0.15, -0.1) is 0 Å². The van der Waals surface area contributed by atoms with Gasteiger partial charge in [0.15, 0.2) is 11.5 Å². The minimum absolute atomic E-state index is 0.0972. The molecule has 22 heavy (non-hydrogen) atoms. The number of fused-ring (bicyclic) bond motifs is 1. The molecule has 0 saturated heterocycles. The smallest absolute Gasteiger partial charge is 0.249 e. The van der Waals surface area contributed by atoms with Crippen LogP contribution in [0.4, 0.5) is 5.82 Å². The van der Waals surface area contributed by atoms with Crippen LogP contribution in [0.1, 0.15) is 42.4 Å². The van der Waals surface area contributed by atoms with Crippen molar-refractivity contribution in [3.05, 3.63) is 35.4 Å². The van der Waals surface area contributed by atoms with Crippen LogP contribution < -0.4 is 5.32 Å². The van der Waals surface area contributed by atoms with E-state index in [2.05, 4.69) is 37.3 Å². The Labute approximate surface area is 128 Å². The first kappa shape index (κ1) is 14.4. The summed E-state index contributed by atoms with van der Waals surface area (Å²) in [4.78, 5) is 17.4. The maximum Gasteiger partial charge on any atom is 0.249 e. The molecule has 1 N–H and O–H groups in total. The fourth-order valence-corrected chi connectivity index (χ4v) is 2.48. The SMILES string of the molecule is CC[C@H](Nc1ncnc2nc(C)cc(C)c12)c1nc(C)no1. The van der Waals surface area contributed by atoms with Crippen LogP contribution in [-0.4, -0.2) is 25.1 Å². The van der Waals surface area contributed by atoms with Gasteiger partial charge < -0.3 is 9.84 Å². The largest absolute Gasteiger partial charge is 0.358 e. The van der Waals surface area contributed by atoms with Crippen molar-refractivity contribution in [3.8, 4) is 0 Å². The molecule has 3 rings (SSSR count). The molecule has 0 unspecified atom stereocenters. The number of aryl methyl sites for hydroxylation is 3. The van der Waals surface area contributed by atoms with E-state index in [0.717, 1.165) is 28.9 Å². The Hall–Kier alpha value is -2.57. The molecule has 3 aromatic rings. The Bertz CT molecular complexity index is 813. The predicted octanol–water partition coefficient (Wildman–Crippen LogP) is 2.90. The van der Waals surface area contributed by atoms with E-state index >= 15 is 0 Å². The van der Waals surface area contributed by atoms with Crippen molar-refractivity contribution in [2.75, 3.05) is 5.32 Å². The number of nitrogens with zero attached hydrogens (tertiary/aromatic N) is 5. The lowest BCUT2D eigenvalue weighted by Gasteiger charge is -2.15. The van der Waals surface area contributed by atoms with Gasteiger partial charge in [-0.1, -0.05) is 12.1 Å². The molecule has 0 bridgehead atoms. The Morgan fingerprint density at radius 3 is 2.68 bits per heavy atom. The van der Waals surface area contributed by atoms with E-state index in [0.29, 0.717) is 17.4 Å². The molecule has 1 atom stereocenters. The van der Waals surface area contributed by atoms with Gasteiger partial charge in [-0.25, -0.2) is 15.0 Å². The summed E-state index contributed by atoms with van der Waals surface area (Å²) in [5.41, 5.74) is 2.71. The molecule has 0 aliphatic rings. The van der Waals surface area contributed by atoms with Crippen molar-refractivity contribution < 1.29 is 4.52 Å². The maximum atomic E-state index is 5.27. The molecule has 7 heteroatoms. The molecule has 7 nitrogen and oxygen atoms in total. The summed E-state index contributed by atoms with van der Waals surface area (Å²) in [6, 6.07) is 1.93. The maximum absolute atomic E-state index is 5.27. The fourth-order valence-electron chi connectivity index (χ4n) is 2.48. The monoisotopic (exact) mass is 298 g/mol. The normalized spacial score (nSPS) is 12.5. The number of nitrogens with one attached hydrogen (secondary N) is 1. The molecule has 0 aromatic carbocycles. The second-order valence-corrected chi connectivity index (χ2v) is 5.29. The second kappa shape index (κ2) is 5.67. The lowest BCUT2D eigenvalue weighted by atomic mass is 10.1. The summed E-state index contributed by atoms with van der Waals surface area (Å²) in [5, 5.41) is 8.14. The summed E-state index contributed by atoms with van der Waals surface area (Å²) in [5.74, 6) is 1.92. The van der Waals surface area contributed by atoms with Crippen LogP contribution in [-0.2, 0) is 0 Å². The van der Waals surface area contributed by atoms with Crippen LogP contribution in [0.2, 0.25) is 0 Å². The van der Waals surface area contributed by atoms with Gasteiger partial charge >= 0.3 is 0 Å². The third-order valence-electron chi connectivity index (χ3n) is 3.49. The van der Waals surface area contributed by atoms with E-state index in [-0.39, 0.29) is 6.04 Å². The number of rotatable bonds is 4. The lowest BCUT2D eigenvalue weighted by molar-refractivity contribution is 0.356. The van der Waals surface area contributed by atoms with Crippen LogP contribution >= 0.6 is 0 Å². The summed E-state index contributed by atoms with van der Waals surface area (Å²) in [6.07, 6.45) is 2.31. The Morgan fingerprint density at radius 2 is 2.00 bits per heavy atom. The first-order valence-electron chi connectivity index (χ1n) is 7.24. The quantitative estimate of drug-likeness (QED) is 0.792. The standard InChI is InChI=1S/C15H18N6O/c1-5-11(15-19-10(4)21-22-15)20-14-12-8(2)6-9(3)18-13(12)16-7-17-14/h6-7,11H,5H2,1-4H3,(H,16,17,18,20)/t11-/m0/s1. The summed E-state index contributed by atoms with van der Waals surface area (Å²) in [7, 11) is 0. The zero-order valence-electron chi connectivity index (χ0n) is 13.1. The zero-order valence-corrected chi connectivity index (χ0v) is 13.1.